The predicted octanol–water partition coefficient (Wildman–Crippen LogP) is 2.27. The summed E-state index contributed by atoms with van der Waals surface area (Å²) in [5.41, 5.74) is 2.29. The van der Waals surface area contributed by atoms with Gasteiger partial charge in [0.2, 0.25) is 5.82 Å². The average Bonchev–Trinajstić information content (AvgIpc) is 3.20. The van der Waals surface area contributed by atoms with Crippen molar-refractivity contribution < 1.29 is 4.79 Å². The standard InChI is InChI=1S/C18H14N4O2S/c19-8-10-4-6-11(7-5-10)9-20-17(24)15-21-16(23)14-12-2-1-3-13(12)25-18(14)22-15/h4-7H,1-3,9H2,(H,20,24)(H,21,22,23). The van der Waals surface area contributed by atoms with Crippen molar-refractivity contribution in [2.75, 3.05) is 0 Å². The van der Waals surface area contributed by atoms with Gasteiger partial charge in [-0.1, -0.05) is 12.1 Å². The van der Waals surface area contributed by atoms with E-state index in [0.29, 0.717) is 22.3 Å². The third kappa shape index (κ3) is 2.81. The maximum atomic E-state index is 12.4. The van der Waals surface area contributed by atoms with Gasteiger partial charge in [-0.05, 0) is 42.5 Å². The van der Waals surface area contributed by atoms with Crippen LogP contribution in [-0.2, 0) is 19.4 Å². The monoisotopic (exact) mass is 350 g/mol. The molecule has 2 aromatic heterocycles. The largest absolute Gasteiger partial charge is 0.345 e. The van der Waals surface area contributed by atoms with E-state index in [0.717, 1.165) is 30.4 Å². The molecular formula is C18H14N4O2S. The number of aromatic amines is 1. The van der Waals surface area contributed by atoms with E-state index in [2.05, 4.69) is 15.3 Å². The van der Waals surface area contributed by atoms with Gasteiger partial charge in [-0.2, -0.15) is 5.26 Å². The highest BCUT2D eigenvalue weighted by Gasteiger charge is 2.22. The van der Waals surface area contributed by atoms with E-state index in [1.165, 1.54) is 16.2 Å². The van der Waals surface area contributed by atoms with Gasteiger partial charge in [0.05, 0.1) is 17.0 Å². The number of carbonyl (C=O) groups excluding carboxylic acids is 1. The number of amides is 1. The lowest BCUT2D eigenvalue weighted by Crippen LogP contribution is -2.27. The van der Waals surface area contributed by atoms with Gasteiger partial charge in [0.15, 0.2) is 0 Å². The molecule has 0 bridgehead atoms. The summed E-state index contributed by atoms with van der Waals surface area (Å²) in [4.78, 5) is 33.5. The quantitative estimate of drug-likeness (QED) is 0.757. The molecule has 0 unspecified atom stereocenters. The Kier molecular flexibility index (Phi) is 3.82. The van der Waals surface area contributed by atoms with Gasteiger partial charge >= 0.3 is 0 Å². The summed E-state index contributed by atoms with van der Waals surface area (Å²) in [5, 5.41) is 12.2. The molecule has 1 amide bonds. The number of fused-ring (bicyclic) bond motifs is 3. The fourth-order valence-corrected chi connectivity index (χ4v) is 4.34. The van der Waals surface area contributed by atoms with Crippen molar-refractivity contribution in [3.8, 4) is 6.07 Å². The van der Waals surface area contributed by atoms with E-state index in [-0.39, 0.29) is 11.4 Å². The number of nitrogens with one attached hydrogen (secondary N) is 2. The zero-order valence-corrected chi connectivity index (χ0v) is 14.1. The van der Waals surface area contributed by atoms with Crippen molar-refractivity contribution in [1.29, 1.82) is 5.26 Å². The summed E-state index contributed by atoms with van der Waals surface area (Å²) >= 11 is 1.51. The second kappa shape index (κ2) is 6.15. The van der Waals surface area contributed by atoms with Crippen LogP contribution < -0.4 is 10.9 Å². The average molecular weight is 350 g/mol. The molecule has 0 saturated heterocycles. The SMILES string of the molecule is N#Cc1ccc(CNC(=O)c2nc3sc4c(c3c(=O)[nH]2)CCC4)cc1. The third-order valence-electron chi connectivity index (χ3n) is 4.33. The first kappa shape index (κ1) is 15.5. The van der Waals surface area contributed by atoms with E-state index >= 15 is 0 Å². The van der Waals surface area contributed by atoms with Crippen molar-refractivity contribution in [1.82, 2.24) is 15.3 Å². The molecule has 1 aromatic carbocycles. The summed E-state index contributed by atoms with van der Waals surface area (Å²) in [6, 6.07) is 9.00. The van der Waals surface area contributed by atoms with Crippen LogP contribution in [0.4, 0.5) is 0 Å². The summed E-state index contributed by atoms with van der Waals surface area (Å²) in [7, 11) is 0. The summed E-state index contributed by atoms with van der Waals surface area (Å²) in [6.07, 6.45) is 2.96. The van der Waals surface area contributed by atoms with Crippen molar-refractivity contribution in [3.05, 3.63) is 62.0 Å². The number of benzene rings is 1. The van der Waals surface area contributed by atoms with Crippen molar-refractivity contribution >= 4 is 27.5 Å². The van der Waals surface area contributed by atoms with Gasteiger partial charge in [0, 0.05) is 11.4 Å². The Balaban J connectivity index is 1.56. The number of thiophene rings is 1. The summed E-state index contributed by atoms with van der Waals surface area (Å²) < 4.78 is 0. The molecule has 6 nitrogen and oxygen atoms in total. The molecule has 1 aliphatic carbocycles. The zero-order chi connectivity index (χ0) is 17.4. The van der Waals surface area contributed by atoms with E-state index in [4.69, 9.17) is 5.26 Å². The smallest absolute Gasteiger partial charge is 0.287 e. The number of hydrogen-bond donors (Lipinski definition) is 2. The Morgan fingerprint density at radius 2 is 2.12 bits per heavy atom. The fourth-order valence-electron chi connectivity index (χ4n) is 3.07. The first-order valence-electron chi connectivity index (χ1n) is 7.97. The maximum Gasteiger partial charge on any atom is 0.287 e. The van der Waals surface area contributed by atoms with Crippen LogP contribution in [0.25, 0.3) is 10.2 Å². The molecule has 124 valence electrons. The number of rotatable bonds is 3. The number of aromatic nitrogens is 2. The lowest BCUT2D eigenvalue weighted by molar-refractivity contribution is 0.0940. The predicted molar refractivity (Wildman–Crippen MR) is 94.6 cm³/mol. The lowest BCUT2D eigenvalue weighted by Gasteiger charge is -2.05. The van der Waals surface area contributed by atoms with Crippen LogP contribution in [0.5, 0.6) is 0 Å². The number of nitriles is 1. The molecule has 0 radical (unpaired) electrons. The molecule has 0 atom stereocenters. The second-order valence-electron chi connectivity index (χ2n) is 5.94. The minimum absolute atomic E-state index is 0.0334. The van der Waals surface area contributed by atoms with Gasteiger partial charge in [-0.15, -0.1) is 11.3 Å². The first-order chi connectivity index (χ1) is 12.2. The van der Waals surface area contributed by atoms with Gasteiger partial charge in [-0.25, -0.2) is 4.98 Å². The minimum Gasteiger partial charge on any atom is -0.345 e. The van der Waals surface area contributed by atoms with Gasteiger partial charge < -0.3 is 10.3 Å². The van der Waals surface area contributed by atoms with Crippen molar-refractivity contribution in [3.63, 3.8) is 0 Å². The molecule has 2 N–H and O–H groups in total. The van der Waals surface area contributed by atoms with Crippen molar-refractivity contribution in [2.24, 2.45) is 0 Å². The number of nitrogens with zero attached hydrogens (tertiary/aromatic N) is 2. The fraction of sp³-hybridized carbons (Fsp3) is 0.222. The zero-order valence-electron chi connectivity index (χ0n) is 13.3. The minimum atomic E-state index is -0.420. The molecule has 0 spiro atoms. The second-order valence-corrected chi connectivity index (χ2v) is 7.03. The molecule has 4 rings (SSSR count). The van der Waals surface area contributed by atoms with E-state index < -0.39 is 5.91 Å². The maximum absolute atomic E-state index is 12.4. The highest BCUT2D eigenvalue weighted by atomic mass is 32.1. The number of carbonyl (C=O) groups is 1. The third-order valence-corrected chi connectivity index (χ3v) is 5.51. The highest BCUT2D eigenvalue weighted by Crippen LogP contribution is 2.34. The van der Waals surface area contributed by atoms with Crippen LogP contribution in [0.15, 0.2) is 29.1 Å². The summed E-state index contributed by atoms with van der Waals surface area (Å²) in [5.74, 6) is -0.386. The van der Waals surface area contributed by atoms with Crippen LogP contribution in [0.3, 0.4) is 0 Å². The molecule has 2 heterocycles. The normalized spacial score (nSPS) is 12.8. The van der Waals surface area contributed by atoms with E-state index in [1.807, 2.05) is 6.07 Å². The van der Waals surface area contributed by atoms with Crippen LogP contribution in [-0.4, -0.2) is 15.9 Å². The molecule has 3 aromatic rings. The molecule has 1 aliphatic rings. The van der Waals surface area contributed by atoms with Crippen LogP contribution in [0.2, 0.25) is 0 Å². The Bertz CT molecular complexity index is 1070. The molecule has 7 heteroatoms. The number of aryl methyl sites for hydroxylation is 2. The Morgan fingerprint density at radius 3 is 2.88 bits per heavy atom. The molecule has 0 saturated carbocycles. The molecular weight excluding hydrogens is 336 g/mol. The molecule has 0 aliphatic heterocycles. The first-order valence-corrected chi connectivity index (χ1v) is 8.79. The van der Waals surface area contributed by atoms with E-state index in [1.54, 1.807) is 24.3 Å². The topological polar surface area (TPSA) is 98.6 Å². The highest BCUT2D eigenvalue weighted by molar-refractivity contribution is 7.18. The van der Waals surface area contributed by atoms with Crippen molar-refractivity contribution in [2.45, 2.75) is 25.8 Å². The van der Waals surface area contributed by atoms with Gasteiger partial charge in [0.25, 0.3) is 11.5 Å². The molecule has 0 fully saturated rings. The lowest BCUT2D eigenvalue weighted by atomic mass is 10.1. The van der Waals surface area contributed by atoms with Gasteiger partial charge in [-0.3, -0.25) is 9.59 Å². The van der Waals surface area contributed by atoms with Crippen LogP contribution in [0, 0.1) is 11.3 Å². The number of hydrogen-bond acceptors (Lipinski definition) is 5. The Morgan fingerprint density at radius 1 is 1.32 bits per heavy atom. The van der Waals surface area contributed by atoms with Crippen LogP contribution in [0.1, 0.15) is 38.6 Å². The number of H-pyrrole nitrogens is 1. The summed E-state index contributed by atoms with van der Waals surface area (Å²) in [6.45, 7) is 0.299. The molecule has 25 heavy (non-hydrogen) atoms. The van der Waals surface area contributed by atoms with Crippen LogP contribution >= 0.6 is 11.3 Å². The van der Waals surface area contributed by atoms with Gasteiger partial charge in [0.1, 0.15) is 4.83 Å². The van der Waals surface area contributed by atoms with E-state index in [9.17, 15) is 9.59 Å². The Labute approximate surface area is 147 Å². The Hall–Kier alpha value is -2.98.